The standard InChI is InChI=1S/CH4BN6/c2-7-5-1(3)6-8-4/h(H4,3,4,5,6). The molecular weight excluding hydrogens is 107 g/mol. The predicted octanol–water partition coefficient (Wildman–Crippen LogP) is -1.11. The van der Waals surface area contributed by atoms with Gasteiger partial charge in [0.25, 0.3) is 0 Å². The van der Waals surface area contributed by atoms with Crippen LogP contribution in [0.25, 0.3) is 0 Å². The van der Waals surface area contributed by atoms with Crippen molar-refractivity contribution < 1.29 is 0 Å². The molecule has 0 aromatic rings. The molecule has 0 aromatic heterocycles. The van der Waals surface area contributed by atoms with Crippen molar-refractivity contribution in [1.82, 2.24) is 0 Å². The third kappa shape index (κ3) is 2.95. The summed E-state index contributed by atoms with van der Waals surface area (Å²) in [5.74, 6) is 4.40. The molecule has 7 heteroatoms. The number of nitrogens with two attached hydrogens (primary N) is 2. The summed E-state index contributed by atoms with van der Waals surface area (Å²) in [6.45, 7) is 0. The van der Waals surface area contributed by atoms with E-state index in [0.717, 1.165) is 0 Å². The Morgan fingerprint density at radius 2 is 2.12 bits per heavy atom. The van der Waals surface area contributed by atoms with Gasteiger partial charge < -0.3 is 0 Å². The summed E-state index contributed by atoms with van der Waals surface area (Å²) in [4.78, 5) is 0. The van der Waals surface area contributed by atoms with Crippen molar-refractivity contribution in [1.29, 1.82) is 0 Å². The SMILES string of the molecule is [B]=NN=C(N)N=NN. The molecule has 0 fully saturated rings. The Labute approximate surface area is 46.8 Å². The molecule has 0 aliphatic rings. The van der Waals surface area contributed by atoms with Crippen molar-refractivity contribution >= 4 is 13.6 Å². The van der Waals surface area contributed by atoms with Crippen LogP contribution in [-0.4, -0.2) is 13.6 Å². The zero-order chi connectivity index (χ0) is 6.41. The van der Waals surface area contributed by atoms with E-state index in [1.54, 1.807) is 0 Å². The van der Waals surface area contributed by atoms with E-state index in [1.807, 2.05) is 0 Å². The van der Waals surface area contributed by atoms with Crippen molar-refractivity contribution in [2.75, 3.05) is 0 Å². The Balaban J connectivity index is 3.79. The van der Waals surface area contributed by atoms with Crippen LogP contribution in [0.1, 0.15) is 0 Å². The second kappa shape index (κ2) is 3.91. The molecular formula is CH4BN6. The first-order valence-electron chi connectivity index (χ1n) is 1.65. The molecule has 0 amide bonds. The van der Waals surface area contributed by atoms with E-state index in [0.29, 0.717) is 0 Å². The molecule has 0 aliphatic heterocycles. The van der Waals surface area contributed by atoms with Gasteiger partial charge in [0, 0.05) is 0 Å². The third-order valence-electron chi connectivity index (χ3n) is 0.320. The van der Waals surface area contributed by atoms with Gasteiger partial charge in [0.2, 0.25) is 0 Å². The summed E-state index contributed by atoms with van der Waals surface area (Å²) < 4.78 is 0. The first kappa shape index (κ1) is 6.73. The Bertz CT molecular complexity index is 124. The van der Waals surface area contributed by atoms with Crippen molar-refractivity contribution in [3.8, 4) is 0 Å². The molecule has 0 heterocycles. The Morgan fingerprint density at radius 1 is 1.50 bits per heavy atom. The number of hydrogen-bond donors (Lipinski definition) is 2. The van der Waals surface area contributed by atoms with Crippen molar-refractivity contribution in [3.63, 3.8) is 0 Å². The van der Waals surface area contributed by atoms with Gasteiger partial charge in [0.1, 0.15) is 0 Å². The number of nitrogens with zero attached hydrogens (tertiary/aromatic N) is 4. The van der Waals surface area contributed by atoms with Crippen LogP contribution in [0.3, 0.4) is 0 Å². The molecule has 0 aromatic carbocycles. The van der Waals surface area contributed by atoms with Crippen LogP contribution in [0, 0.1) is 0 Å². The van der Waals surface area contributed by atoms with E-state index in [2.05, 4.69) is 33.9 Å². The van der Waals surface area contributed by atoms with E-state index in [1.165, 1.54) is 0 Å². The maximum absolute atomic E-state index is 4.93. The van der Waals surface area contributed by atoms with Gasteiger partial charge >= 0.3 is 45.6 Å². The van der Waals surface area contributed by atoms with Crippen LogP contribution in [0.5, 0.6) is 0 Å². The molecule has 0 atom stereocenters. The zero-order valence-electron chi connectivity index (χ0n) is 4.02. The van der Waals surface area contributed by atoms with Crippen molar-refractivity contribution in [3.05, 3.63) is 0 Å². The first-order chi connectivity index (χ1) is 3.81. The number of guanidine groups is 1. The Morgan fingerprint density at radius 3 is 2.50 bits per heavy atom. The van der Waals surface area contributed by atoms with Gasteiger partial charge in [-0.2, -0.15) is 0 Å². The van der Waals surface area contributed by atoms with E-state index < -0.39 is 0 Å². The van der Waals surface area contributed by atoms with Crippen LogP contribution < -0.4 is 11.6 Å². The van der Waals surface area contributed by atoms with Gasteiger partial charge in [0.05, 0.1) is 0 Å². The summed E-state index contributed by atoms with van der Waals surface area (Å²) in [5, 5.41) is 11.8. The molecule has 0 bridgehead atoms. The average molecular weight is 111 g/mol. The average Bonchev–Trinajstić information content (AvgIpc) is 1.68. The fraction of sp³-hybridized carbons (Fsp3) is 0. The van der Waals surface area contributed by atoms with Crippen LogP contribution in [0.4, 0.5) is 0 Å². The normalized spacial score (nSPS) is 12.1. The van der Waals surface area contributed by atoms with Crippen molar-refractivity contribution in [2.24, 2.45) is 32.0 Å². The summed E-state index contributed by atoms with van der Waals surface area (Å²) in [6.07, 6.45) is 0. The van der Waals surface area contributed by atoms with Crippen molar-refractivity contribution in [2.45, 2.75) is 0 Å². The second-order valence-corrected chi connectivity index (χ2v) is 0.789. The van der Waals surface area contributed by atoms with Gasteiger partial charge in [-0.1, -0.05) is 0 Å². The molecule has 41 valence electrons. The Kier molecular flexibility index (Phi) is 3.29. The van der Waals surface area contributed by atoms with Crippen LogP contribution in [-0.2, 0) is 0 Å². The van der Waals surface area contributed by atoms with Gasteiger partial charge in [-0.15, -0.1) is 0 Å². The minimum absolute atomic E-state index is 0.171. The molecule has 4 N–H and O–H groups in total. The minimum atomic E-state index is -0.171. The van der Waals surface area contributed by atoms with Gasteiger partial charge in [-0.05, 0) is 0 Å². The first-order valence-corrected chi connectivity index (χ1v) is 1.65. The summed E-state index contributed by atoms with van der Waals surface area (Å²) in [5.41, 5.74) is 4.93. The number of hydrogen-bond acceptors (Lipinski definition) is 3. The quantitative estimate of drug-likeness (QED) is 0.112. The molecule has 8 heavy (non-hydrogen) atoms. The second-order valence-electron chi connectivity index (χ2n) is 0.789. The molecule has 0 saturated carbocycles. The molecule has 0 rings (SSSR count). The van der Waals surface area contributed by atoms with Gasteiger partial charge in [-0.25, -0.2) is 0 Å². The third-order valence-corrected chi connectivity index (χ3v) is 0.320. The molecule has 0 saturated heterocycles. The number of rotatable bonds is 1. The van der Waals surface area contributed by atoms with E-state index in [-0.39, 0.29) is 5.96 Å². The predicted molar refractivity (Wildman–Crippen MR) is 28.8 cm³/mol. The fourth-order valence-corrected chi connectivity index (χ4v) is 0.138. The van der Waals surface area contributed by atoms with Gasteiger partial charge in [-0.3, -0.25) is 0 Å². The monoisotopic (exact) mass is 111 g/mol. The molecule has 0 unspecified atom stereocenters. The molecule has 0 aliphatic carbocycles. The molecule has 0 spiro atoms. The van der Waals surface area contributed by atoms with Gasteiger partial charge in [0.15, 0.2) is 0 Å². The summed E-state index contributed by atoms with van der Waals surface area (Å²) in [7, 11) is 4.57. The summed E-state index contributed by atoms with van der Waals surface area (Å²) in [6, 6.07) is 0. The Hall–Kier alpha value is -1.27. The molecule has 1 radical (unpaired) electrons. The molecule has 6 nitrogen and oxygen atoms in total. The van der Waals surface area contributed by atoms with E-state index in [4.69, 9.17) is 5.73 Å². The summed E-state index contributed by atoms with van der Waals surface area (Å²) >= 11 is 0. The van der Waals surface area contributed by atoms with Crippen LogP contribution in [0.2, 0.25) is 0 Å². The van der Waals surface area contributed by atoms with Crippen LogP contribution in [0.15, 0.2) is 20.4 Å². The zero-order valence-corrected chi connectivity index (χ0v) is 4.02. The maximum atomic E-state index is 4.93. The van der Waals surface area contributed by atoms with E-state index >= 15 is 0 Å². The van der Waals surface area contributed by atoms with Crippen LogP contribution >= 0.6 is 0 Å². The topological polar surface area (TPSA) is 101 Å². The fourth-order valence-electron chi connectivity index (χ4n) is 0.138. The van der Waals surface area contributed by atoms with E-state index in [9.17, 15) is 0 Å².